The zero-order valence-corrected chi connectivity index (χ0v) is 11.4. The van der Waals surface area contributed by atoms with Crippen LogP contribution in [0.4, 0.5) is 0 Å². The van der Waals surface area contributed by atoms with Crippen molar-refractivity contribution in [1.29, 1.82) is 0 Å². The highest BCUT2D eigenvalue weighted by molar-refractivity contribution is 5.73. The summed E-state index contributed by atoms with van der Waals surface area (Å²) in [6.45, 7) is 11.2. The number of carbonyl (C=O) groups is 1. The predicted octanol–water partition coefficient (Wildman–Crippen LogP) is 2.41. The van der Waals surface area contributed by atoms with Crippen LogP contribution in [0, 0.1) is 0 Å². The monoisotopic (exact) mass is 228 g/mol. The summed E-state index contributed by atoms with van der Waals surface area (Å²) in [5.74, 6) is 0.222. The maximum absolute atomic E-state index is 10.8. The highest BCUT2D eigenvalue weighted by Crippen LogP contribution is 2.15. The molecule has 2 aliphatic rings. The zero-order valence-electron chi connectivity index (χ0n) is 11.4. The van der Waals surface area contributed by atoms with Gasteiger partial charge < -0.3 is 10.2 Å². The smallest absolute Gasteiger partial charge is 0.219 e. The minimum atomic E-state index is 0.222. The van der Waals surface area contributed by atoms with Crippen molar-refractivity contribution in [3.05, 3.63) is 0 Å². The first-order chi connectivity index (χ1) is 7.72. The van der Waals surface area contributed by atoms with E-state index in [1.165, 1.54) is 38.8 Å². The summed E-state index contributed by atoms with van der Waals surface area (Å²) in [6.07, 6.45) is 5.14. The second kappa shape index (κ2) is 9.64. The Labute approximate surface area is 101 Å². The van der Waals surface area contributed by atoms with E-state index in [2.05, 4.69) is 12.2 Å². The molecule has 2 rings (SSSR count). The van der Waals surface area contributed by atoms with E-state index in [1.807, 2.05) is 18.7 Å². The molecule has 96 valence electrons. The van der Waals surface area contributed by atoms with Crippen molar-refractivity contribution in [1.82, 2.24) is 10.2 Å². The van der Waals surface area contributed by atoms with Crippen LogP contribution in [0.3, 0.4) is 0 Å². The molecule has 0 aromatic carbocycles. The average molecular weight is 228 g/mol. The van der Waals surface area contributed by atoms with E-state index >= 15 is 0 Å². The van der Waals surface area contributed by atoms with Crippen molar-refractivity contribution >= 4 is 5.91 Å². The van der Waals surface area contributed by atoms with Gasteiger partial charge in [-0.3, -0.25) is 4.79 Å². The Kier molecular flexibility index (Phi) is 9.30. The highest BCUT2D eigenvalue weighted by atomic mass is 16.2. The van der Waals surface area contributed by atoms with Crippen molar-refractivity contribution in [2.45, 2.75) is 59.4 Å². The van der Waals surface area contributed by atoms with Gasteiger partial charge in [0.25, 0.3) is 0 Å². The van der Waals surface area contributed by atoms with Gasteiger partial charge in [0.15, 0.2) is 0 Å². The van der Waals surface area contributed by atoms with Gasteiger partial charge in [-0.1, -0.05) is 13.8 Å². The van der Waals surface area contributed by atoms with Gasteiger partial charge in [-0.2, -0.15) is 0 Å². The maximum atomic E-state index is 10.8. The summed E-state index contributed by atoms with van der Waals surface area (Å²) in [5, 5.41) is 3.22. The third-order valence-corrected chi connectivity index (χ3v) is 2.91. The van der Waals surface area contributed by atoms with Gasteiger partial charge in [0.1, 0.15) is 0 Å². The lowest BCUT2D eigenvalue weighted by Gasteiger charge is -2.18. The molecule has 2 saturated heterocycles. The Balaban J connectivity index is 0.000000272. The molecule has 0 aliphatic carbocycles. The summed E-state index contributed by atoms with van der Waals surface area (Å²) in [7, 11) is 0. The first kappa shape index (κ1) is 15.4. The molecule has 0 saturated carbocycles. The van der Waals surface area contributed by atoms with E-state index in [1.54, 1.807) is 6.92 Å². The van der Waals surface area contributed by atoms with Crippen LogP contribution in [0.5, 0.6) is 0 Å². The molecule has 2 aliphatic heterocycles. The van der Waals surface area contributed by atoms with Gasteiger partial charge in [-0.15, -0.1) is 0 Å². The van der Waals surface area contributed by atoms with Crippen molar-refractivity contribution in [2.75, 3.05) is 19.6 Å². The number of carbonyl (C=O) groups excluding carboxylic acids is 1. The second-order valence-electron chi connectivity index (χ2n) is 4.16. The van der Waals surface area contributed by atoms with Crippen LogP contribution in [0.15, 0.2) is 0 Å². The SMILES string of the molecule is C1CCNC1.CC.CC(=O)N1CCC[C@H]1C. The van der Waals surface area contributed by atoms with Crippen LogP contribution in [0.1, 0.15) is 53.4 Å². The summed E-state index contributed by atoms with van der Waals surface area (Å²) in [6, 6.07) is 0.488. The van der Waals surface area contributed by atoms with Crippen LogP contribution in [0.25, 0.3) is 0 Å². The Morgan fingerprint density at radius 3 is 1.94 bits per heavy atom. The number of nitrogens with zero attached hydrogens (tertiary/aromatic N) is 1. The van der Waals surface area contributed by atoms with Crippen LogP contribution in [-0.4, -0.2) is 36.5 Å². The minimum Gasteiger partial charge on any atom is -0.340 e. The molecule has 1 atom stereocenters. The molecule has 16 heavy (non-hydrogen) atoms. The lowest BCUT2D eigenvalue weighted by molar-refractivity contribution is -0.129. The average Bonchev–Trinajstić information content (AvgIpc) is 2.93. The Hall–Kier alpha value is -0.570. The molecule has 2 heterocycles. The molecule has 0 bridgehead atoms. The van der Waals surface area contributed by atoms with E-state index in [-0.39, 0.29) is 5.91 Å². The van der Waals surface area contributed by atoms with Crippen LogP contribution >= 0.6 is 0 Å². The molecular formula is C13H28N2O. The quantitative estimate of drug-likeness (QED) is 0.690. The normalized spacial score (nSPS) is 23.0. The topological polar surface area (TPSA) is 32.3 Å². The predicted molar refractivity (Wildman–Crippen MR) is 69.5 cm³/mol. The molecule has 1 amide bonds. The standard InChI is InChI=1S/C7H13NO.C4H9N.C2H6/c1-6-4-3-5-8(6)7(2)9;1-2-4-5-3-1;1-2/h6H,3-5H2,1-2H3;5H,1-4H2;1-2H3/t6-;;/m1../s1. The third kappa shape index (κ3) is 6.11. The number of likely N-dealkylation sites (tertiary alicyclic amines) is 1. The first-order valence-corrected chi connectivity index (χ1v) is 6.69. The van der Waals surface area contributed by atoms with Gasteiger partial charge in [0.2, 0.25) is 5.91 Å². The Morgan fingerprint density at radius 2 is 1.75 bits per heavy atom. The molecule has 3 heteroatoms. The van der Waals surface area contributed by atoms with Crippen molar-refractivity contribution < 1.29 is 4.79 Å². The molecule has 0 unspecified atom stereocenters. The van der Waals surface area contributed by atoms with Gasteiger partial charge in [0, 0.05) is 19.5 Å². The molecule has 1 N–H and O–H groups in total. The van der Waals surface area contributed by atoms with Crippen molar-refractivity contribution in [3.8, 4) is 0 Å². The highest BCUT2D eigenvalue weighted by Gasteiger charge is 2.21. The molecule has 0 spiro atoms. The van der Waals surface area contributed by atoms with Crippen LogP contribution in [-0.2, 0) is 4.79 Å². The van der Waals surface area contributed by atoms with Crippen molar-refractivity contribution in [2.24, 2.45) is 0 Å². The first-order valence-electron chi connectivity index (χ1n) is 6.69. The number of hydrogen-bond acceptors (Lipinski definition) is 2. The van der Waals surface area contributed by atoms with Gasteiger partial charge in [-0.25, -0.2) is 0 Å². The fourth-order valence-electron chi connectivity index (χ4n) is 2.03. The van der Waals surface area contributed by atoms with Crippen LogP contribution < -0.4 is 5.32 Å². The second-order valence-corrected chi connectivity index (χ2v) is 4.16. The molecule has 0 aromatic rings. The van der Waals surface area contributed by atoms with Gasteiger partial charge in [-0.05, 0) is 45.7 Å². The summed E-state index contributed by atoms with van der Waals surface area (Å²) < 4.78 is 0. The van der Waals surface area contributed by atoms with Gasteiger partial charge >= 0.3 is 0 Å². The third-order valence-electron chi connectivity index (χ3n) is 2.91. The zero-order chi connectivity index (χ0) is 12.4. The summed E-state index contributed by atoms with van der Waals surface area (Å²) in [5.41, 5.74) is 0. The van der Waals surface area contributed by atoms with Gasteiger partial charge in [0.05, 0.1) is 0 Å². The Bertz CT molecular complexity index is 171. The summed E-state index contributed by atoms with van der Waals surface area (Å²) >= 11 is 0. The largest absolute Gasteiger partial charge is 0.340 e. The number of hydrogen-bond donors (Lipinski definition) is 1. The maximum Gasteiger partial charge on any atom is 0.219 e. The number of rotatable bonds is 0. The van der Waals surface area contributed by atoms with Crippen molar-refractivity contribution in [3.63, 3.8) is 0 Å². The van der Waals surface area contributed by atoms with E-state index < -0.39 is 0 Å². The molecular weight excluding hydrogens is 200 g/mol. The van der Waals surface area contributed by atoms with E-state index in [4.69, 9.17) is 0 Å². The molecule has 3 nitrogen and oxygen atoms in total. The minimum absolute atomic E-state index is 0.222. The fraction of sp³-hybridized carbons (Fsp3) is 0.923. The summed E-state index contributed by atoms with van der Waals surface area (Å²) in [4.78, 5) is 12.7. The molecule has 0 radical (unpaired) electrons. The molecule has 0 aromatic heterocycles. The number of amides is 1. The molecule has 2 fully saturated rings. The van der Waals surface area contributed by atoms with Crippen LogP contribution in [0.2, 0.25) is 0 Å². The fourth-order valence-corrected chi connectivity index (χ4v) is 2.03. The van der Waals surface area contributed by atoms with E-state index in [0.29, 0.717) is 6.04 Å². The lowest BCUT2D eigenvalue weighted by Crippen LogP contribution is -2.31. The van der Waals surface area contributed by atoms with E-state index in [9.17, 15) is 4.79 Å². The number of nitrogens with one attached hydrogen (secondary N) is 1. The van der Waals surface area contributed by atoms with E-state index in [0.717, 1.165) is 6.54 Å². The lowest BCUT2D eigenvalue weighted by atomic mass is 10.2. The Morgan fingerprint density at radius 1 is 1.19 bits per heavy atom.